The lowest BCUT2D eigenvalue weighted by Gasteiger charge is -2.13. The molecular formula is C25H24N4O3S. The Morgan fingerprint density at radius 3 is 2.82 bits per heavy atom. The molecule has 0 spiro atoms. The Hall–Kier alpha value is -3.65. The normalized spacial score (nSPS) is 10.8. The summed E-state index contributed by atoms with van der Waals surface area (Å²) in [6.45, 7) is 3.10. The van der Waals surface area contributed by atoms with E-state index < -0.39 is 0 Å². The monoisotopic (exact) mass is 460 g/mol. The number of nitrogens with one attached hydrogen (secondary N) is 1. The number of fused-ring (bicyclic) bond motifs is 1. The molecule has 0 aliphatic rings. The summed E-state index contributed by atoms with van der Waals surface area (Å²) in [7, 11) is 0. The van der Waals surface area contributed by atoms with Crippen molar-refractivity contribution in [2.45, 2.75) is 18.6 Å². The van der Waals surface area contributed by atoms with E-state index in [4.69, 9.17) is 4.74 Å². The Morgan fingerprint density at radius 1 is 1.12 bits per heavy atom. The maximum atomic E-state index is 13.1. The molecule has 0 unspecified atom stereocenters. The molecular weight excluding hydrogens is 436 g/mol. The van der Waals surface area contributed by atoms with Gasteiger partial charge in [0.1, 0.15) is 12.4 Å². The van der Waals surface area contributed by atoms with Crippen molar-refractivity contribution in [3.8, 4) is 5.75 Å². The van der Waals surface area contributed by atoms with Gasteiger partial charge in [0, 0.05) is 12.4 Å². The molecule has 2 heterocycles. The van der Waals surface area contributed by atoms with E-state index in [1.807, 2.05) is 55.5 Å². The van der Waals surface area contributed by atoms with E-state index >= 15 is 0 Å². The van der Waals surface area contributed by atoms with Crippen LogP contribution in [0.15, 0.2) is 83.0 Å². The van der Waals surface area contributed by atoms with E-state index in [9.17, 15) is 9.59 Å². The molecule has 2 aromatic heterocycles. The van der Waals surface area contributed by atoms with Crippen LogP contribution in [0, 0.1) is 6.92 Å². The van der Waals surface area contributed by atoms with Gasteiger partial charge in [0.25, 0.3) is 5.56 Å². The lowest BCUT2D eigenvalue weighted by molar-refractivity contribution is -0.118. The summed E-state index contributed by atoms with van der Waals surface area (Å²) < 4.78 is 7.26. The molecule has 0 atom stereocenters. The van der Waals surface area contributed by atoms with Crippen molar-refractivity contribution < 1.29 is 9.53 Å². The average molecular weight is 461 g/mol. The third-order valence-electron chi connectivity index (χ3n) is 4.90. The minimum absolute atomic E-state index is 0.140. The summed E-state index contributed by atoms with van der Waals surface area (Å²) in [6.07, 6.45) is 3.41. The summed E-state index contributed by atoms with van der Waals surface area (Å²) in [4.78, 5) is 34.3. The third kappa shape index (κ3) is 5.98. The van der Waals surface area contributed by atoms with Crippen LogP contribution in [0.3, 0.4) is 0 Å². The van der Waals surface area contributed by atoms with Gasteiger partial charge in [-0.15, -0.1) is 0 Å². The molecule has 0 aliphatic heterocycles. The zero-order valence-corrected chi connectivity index (χ0v) is 19.0. The Balaban J connectivity index is 1.41. The van der Waals surface area contributed by atoms with Crippen molar-refractivity contribution in [3.63, 3.8) is 0 Å². The molecule has 0 aliphatic carbocycles. The smallest absolute Gasteiger partial charge is 0.262 e. The van der Waals surface area contributed by atoms with Crippen molar-refractivity contribution in [2.75, 3.05) is 18.9 Å². The van der Waals surface area contributed by atoms with Gasteiger partial charge >= 0.3 is 0 Å². The second-order valence-electron chi connectivity index (χ2n) is 7.47. The summed E-state index contributed by atoms with van der Waals surface area (Å²) in [5.41, 5.74) is 2.47. The van der Waals surface area contributed by atoms with Crippen LogP contribution >= 0.6 is 11.8 Å². The van der Waals surface area contributed by atoms with Crippen LogP contribution in [0.2, 0.25) is 0 Å². The van der Waals surface area contributed by atoms with E-state index in [0.717, 1.165) is 16.9 Å². The number of pyridine rings is 1. The molecule has 2 aromatic carbocycles. The number of amides is 1. The number of benzene rings is 2. The zero-order chi connectivity index (χ0) is 23.0. The Bertz CT molecular complexity index is 1310. The van der Waals surface area contributed by atoms with Crippen LogP contribution in [0.25, 0.3) is 10.9 Å². The van der Waals surface area contributed by atoms with Crippen LogP contribution in [0.5, 0.6) is 5.75 Å². The second-order valence-corrected chi connectivity index (χ2v) is 8.41. The van der Waals surface area contributed by atoms with Gasteiger partial charge in [-0.25, -0.2) is 4.98 Å². The van der Waals surface area contributed by atoms with Crippen molar-refractivity contribution in [1.82, 2.24) is 19.9 Å². The summed E-state index contributed by atoms with van der Waals surface area (Å²) >= 11 is 1.24. The molecule has 0 radical (unpaired) electrons. The highest BCUT2D eigenvalue weighted by molar-refractivity contribution is 7.99. The lowest BCUT2D eigenvalue weighted by atomic mass is 10.2. The highest BCUT2D eigenvalue weighted by Gasteiger charge is 2.14. The highest BCUT2D eigenvalue weighted by Crippen LogP contribution is 2.19. The summed E-state index contributed by atoms with van der Waals surface area (Å²) in [5.74, 6) is 0.768. The van der Waals surface area contributed by atoms with Crippen LogP contribution in [-0.4, -0.2) is 39.3 Å². The molecule has 33 heavy (non-hydrogen) atoms. The fourth-order valence-corrected chi connectivity index (χ4v) is 4.15. The maximum Gasteiger partial charge on any atom is 0.262 e. The Kier molecular flexibility index (Phi) is 7.36. The first-order valence-corrected chi connectivity index (χ1v) is 11.6. The van der Waals surface area contributed by atoms with Gasteiger partial charge in [-0.1, -0.05) is 42.1 Å². The molecule has 4 rings (SSSR count). The van der Waals surface area contributed by atoms with Crippen molar-refractivity contribution in [2.24, 2.45) is 0 Å². The van der Waals surface area contributed by atoms with Crippen molar-refractivity contribution in [3.05, 3.63) is 94.5 Å². The number of thioether (sulfide) groups is 1. The molecule has 1 amide bonds. The number of para-hydroxylation sites is 1. The lowest BCUT2D eigenvalue weighted by Crippen LogP contribution is -2.30. The minimum Gasteiger partial charge on any atom is -0.492 e. The van der Waals surface area contributed by atoms with Crippen LogP contribution < -0.4 is 15.6 Å². The third-order valence-corrected chi connectivity index (χ3v) is 5.88. The number of carbonyl (C=O) groups excluding carboxylic acids is 1. The molecule has 0 saturated heterocycles. The molecule has 7 nitrogen and oxygen atoms in total. The van der Waals surface area contributed by atoms with Gasteiger partial charge < -0.3 is 10.1 Å². The van der Waals surface area contributed by atoms with E-state index in [-0.39, 0.29) is 17.2 Å². The number of carbonyl (C=O) groups is 1. The predicted octanol–water partition coefficient (Wildman–Crippen LogP) is 3.44. The minimum atomic E-state index is -0.150. The first-order chi connectivity index (χ1) is 16.1. The SMILES string of the molecule is Cc1cccc(OCCNC(=O)CSc2nc3ccccc3c(=O)n2Cc2cccnc2)c1. The molecule has 0 saturated carbocycles. The second kappa shape index (κ2) is 10.8. The molecule has 0 fully saturated rings. The van der Waals surface area contributed by atoms with Gasteiger partial charge in [0.2, 0.25) is 5.91 Å². The van der Waals surface area contributed by atoms with E-state index in [1.54, 1.807) is 29.1 Å². The van der Waals surface area contributed by atoms with Crippen molar-refractivity contribution in [1.29, 1.82) is 0 Å². The van der Waals surface area contributed by atoms with Gasteiger partial charge in [0.05, 0.1) is 29.7 Å². The van der Waals surface area contributed by atoms with Gasteiger partial charge in [0.15, 0.2) is 5.16 Å². The standard InChI is InChI=1S/C25H24N4O3S/c1-18-6-4-8-20(14-18)32-13-12-27-23(30)17-33-25-28-22-10-3-2-9-21(22)24(31)29(25)16-19-7-5-11-26-15-19/h2-11,14-15H,12-13,16-17H2,1H3,(H,27,30). The average Bonchev–Trinajstić information content (AvgIpc) is 2.83. The fraction of sp³-hybridized carbons (Fsp3) is 0.200. The number of hydrogen-bond acceptors (Lipinski definition) is 6. The van der Waals surface area contributed by atoms with Gasteiger partial charge in [-0.3, -0.25) is 19.1 Å². The van der Waals surface area contributed by atoms with E-state index in [2.05, 4.69) is 15.3 Å². The van der Waals surface area contributed by atoms with Crippen LogP contribution in [0.4, 0.5) is 0 Å². The number of aryl methyl sites for hydroxylation is 1. The number of hydrogen-bond donors (Lipinski definition) is 1. The van der Waals surface area contributed by atoms with E-state index in [1.165, 1.54) is 11.8 Å². The largest absolute Gasteiger partial charge is 0.492 e. The summed E-state index contributed by atoms with van der Waals surface area (Å²) in [5, 5.41) is 3.89. The first kappa shape index (κ1) is 22.5. The Morgan fingerprint density at radius 2 is 2.00 bits per heavy atom. The zero-order valence-electron chi connectivity index (χ0n) is 18.2. The first-order valence-electron chi connectivity index (χ1n) is 10.6. The van der Waals surface area contributed by atoms with E-state index in [0.29, 0.717) is 35.8 Å². The van der Waals surface area contributed by atoms with Crippen molar-refractivity contribution >= 4 is 28.6 Å². The summed E-state index contributed by atoms with van der Waals surface area (Å²) in [6, 6.07) is 18.7. The molecule has 0 bridgehead atoms. The molecule has 4 aromatic rings. The van der Waals surface area contributed by atoms with Crippen LogP contribution in [0.1, 0.15) is 11.1 Å². The quantitative estimate of drug-likeness (QED) is 0.234. The maximum absolute atomic E-state index is 13.1. The molecule has 168 valence electrons. The predicted molar refractivity (Wildman–Crippen MR) is 130 cm³/mol. The number of rotatable bonds is 9. The number of aromatic nitrogens is 3. The van der Waals surface area contributed by atoms with Gasteiger partial charge in [-0.2, -0.15) is 0 Å². The van der Waals surface area contributed by atoms with Gasteiger partial charge in [-0.05, 0) is 48.4 Å². The highest BCUT2D eigenvalue weighted by atomic mass is 32.2. The molecule has 1 N–H and O–H groups in total. The number of ether oxygens (including phenoxy) is 1. The van der Waals surface area contributed by atoms with Crippen LogP contribution in [-0.2, 0) is 11.3 Å². The topological polar surface area (TPSA) is 86.1 Å². The fourth-order valence-electron chi connectivity index (χ4n) is 3.32. The Labute approximate surface area is 195 Å². The molecule has 8 heteroatoms. The number of nitrogens with zero attached hydrogens (tertiary/aromatic N) is 3.